The molecule has 0 aliphatic carbocycles. The minimum absolute atomic E-state index is 0.0369. The van der Waals surface area contributed by atoms with E-state index in [4.69, 9.17) is 4.74 Å². The Morgan fingerprint density at radius 2 is 1.78 bits per heavy atom. The molecule has 0 fully saturated rings. The highest BCUT2D eigenvalue weighted by Crippen LogP contribution is 2.28. The number of carbonyl (C=O) groups excluding carboxylic acids is 1. The molecule has 2 heterocycles. The first-order valence-corrected chi connectivity index (χ1v) is 10.1. The molecule has 0 saturated carbocycles. The standard InChI is InChI=1S/C25H21FN2O4/c1-3-32-25(31)21-23(29)22-20(28(24(21)30)19-10-8-18(26)9-11-19)13-17(14-27-22)12-16-6-4-15(2)5-7-16/h4-11,13-14,29H,3,12H2,1-2H3. The van der Waals surface area contributed by atoms with Crippen molar-refractivity contribution in [2.24, 2.45) is 0 Å². The van der Waals surface area contributed by atoms with Crippen LogP contribution in [0.3, 0.4) is 0 Å². The molecule has 0 aliphatic heterocycles. The number of halogens is 1. The van der Waals surface area contributed by atoms with Crippen molar-refractivity contribution < 1.29 is 19.0 Å². The van der Waals surface area contributed by atoms with E-state index < -0.39 is 28.7 Å². The van der Waals surface area contributed by atoms with Gasteiger partial charge in [-0.3, -0.25) is 14.3 Å². The molecule has 0 bridgehead atoms. The summed E-state index contributed by atoms with van der Waals surface area (Å²) in [7, 11) is 0. The molecule has 0 atom stereocenters. The van der Waals surface area contributed by atoms with Crippen molar-refractivity contribution in [2.45, 2.75) is 20.3 Å². The number of hydrogen-bond acceptors (Lipinski definition) is 5. The summed E-state index contributed by atoms with van der Waals surface area (Å²) in [6.07, 6.45) is 2.15. The van der Waals surface area contributed by atoms with Crippen LogP contribution in [0, 0.1) is 12.7 Å². The Bertz CT molecular complexity index is 1360. The van der Waals surface area contributed by atoms with Crippen LogP contribution in [0.4, 0.5) is 4.39 Å². The second-order valence-electron chi connectivity index (χ2n) is 7.43. The van der Waals surface area contributed by atoms with E-state index >= 15 is 0 Å². The van der Waals surface area contributed by atoms with Crippen molar-refractivity contribution in [1.82, 2.24) is 9.55 Å². The number of aryl methyl sites for hydroxylation is 1. The van der Waals surface area contributed by atoms with Gasteiger partial charge in [-0.2, -0.15) is 0 Å². The van der Waals surface area contributed by atoms with E-state index in [1.165, 1.54) is 28.8 Å². The van der Waals surface area contributed by atoms with E-state index in [1.807, 2.05) is 31.2 Å². The summed E-state index contributed by atoms with van der Waals surface area (Å²) in [5.74, 6) is -1.95. The van der Waals surface area contributed by atoms with Crippen LogP contribution in [-0.4, -0.2) is 27.2 Å². The number of carbonyl (C=O) groups is 1. The van der Waals surface area contributed by atoms with Crippen molar-refractivity contribution in [3.63, 3.8) is 0 Å². The van der Waals surface area contributed by atoms with Crippen LogP contribution in [-0.2, 0) is 11.2 Å². The largest absolute Gasteiger partial charge is 0.505 e. The third-order valence-electron chi connectivity index (χ3n) is 5.14. The normalized spacial score (nSPS) is 11.0. The van der Waals surface area contributed by atoms with E-state index in [-0.39, 0.29) is 12.1 Å². The van der Waals surface area contributed by atoms with Crippen LogP contribution in [0.15, 0.2) is 65.6 Å². The molecular weight excluding hydrogens is 411 g/mol. The van der Waals surface area contributed by atoms with Gasteiger partial charge in [-0.05, 0) is 61.7 Å². The molecule has 4 rings (SSSR count). The van der Waals surface area contributed by atoms with E-state index in [2.05, 4.69) is 4.98 Å². The lowest BCUT2D eigenvalue weighted by Crippen LogP contribution is -2.27. The average molecular weight is 432 g/mol. The molecule has 4 aromatic rings. The maximum atomic E-state index is 13.5. The summed E-state index contributed by atoms with van der Waals surface area (Å²) in [6.45, 7) is 3.64. The smallest absolute Gasteiger partial charge is 0.347 e. The third-order valence-corrected chi connectivity index (χ3v) is 5.14. The minimum atomic E-state index is -0.946. The number of hydrogen-bond donors (Lipinski definition) is 1. The fourth-order valence-corrected chi connectivity index (χ4v) is 3.56. The maximum absolute atomic E-state index is 13.5. The Balaban J connectivity index is 1.96. The molecule has 0 radical (unpaired) electrons. The molecule has 6 nitrogen and oxygen atoms in total. The van der Waals surface area contributed by atoms with Crippen molar-refractivity contribution >= 4 is 17.0 Å². The van der Waals surface area contributed by atoms with Gasteiger partial charge in [0.2, 0.25) is 0 Å². The third kappa shape index (κ3) is 3.97. The van der Waals surface area contributed by atoms with E-state index in [0.29, 0.717) is 17.6 Å². The van der Waals surface area contributed by atoms with Crippen molar-refractivity contribution in [3.05, 3.63) is 99.2 Å². The Morgan fingerprint density at radius 1 is 1.09 bits per heavy atom. The van der Waals surface area contributed by atoms with Crippen LogP contribution in [0.5, 0.6) is 5.75 Å². The van der Waals surface area contributed by atoms with Gasteiger partial charge in [0, 0.05) is 11.9 Å². The fourth-order valence-electron chi connectivity index (χ4n) is 3.56. The maximum Gasteiger partial charge on any atom is 0.347 e. The van der Waals surface area contributed by atoms with Crippen molar-refractivity contribution in [2.75, 3.05) is 6.61 Å². The average Bonchev–Trinajstić information content (AvgIpc) is 2.77. The van der Waals surface area contributed by atoms with E-state index in [0.717, 1.165) is 16.7 Å². The van der Waals surface area contributed by atoms with Gasteiger partial charge in [0.1, 0.15) is 11.3 Å². The molecular formula is C25H21FN2O4. The summed E-state index contributed by atoms with van der Waals surface area (Å²) in [5.41, 5.74) is 2.44. The zero-order chi connectivity index (χ0) is 22.8. The number of fused-ring (bicyclic) bond motifs is 1. The van der Waals surface area contributed by atoms with Crippen LogP contribution in [0.1, 0.15) is 34.0 Å². The van der Waals surface area contributed by atoms with Gasteiger partial charge >= 0.3 is 5.97 Å². The highest BCUT2D eigenvalue weighted by molar-refractivity contribution is 5.98. The Kier molecular flexibility index (Phi) is 5.73. The summed E-state index contributed by atoms with van der Waals surface area (Å²) in [5, 5.41) is 10.7. The summed E-state index contributed by atoms with van der Waals surface area (Å²) in [4.78, 5) is 30.1. The van der Waals surface area contributed by atoms with E-state index in [9.17, 15) is 19.1 Å². The van der Waals surface area contributed by atoms with Gasteiger partial charge in [-0.1, -0.05) is 29.8 Å². The van der Waals surface area contributed by atoms with Crippen LogP contribution < -0.4 is 5.56 Å². The summed E-state index contributed by atoms with van der Waals surface area (Å²) >= 11 is 0. The zero-order valence-electron chi connectivity index (χ0n) is 17.6. The van der Waals surface area contributed by atoms with Crippen LogP contribution >= 0.6 is 0 Å². The number of ether oxygens (including phenoxy) is 1. The number of esters is 1. The molecule has 0 spiro atoms. The summed E-state index contributed by atoms with van der Waals surface area (Å²) < 4.78 is 19.7. The topological polar surface area (TPSA) is 81.4 Å². The predicted octanol–water partition coefficient (Wildman–Crippen LogP) is 4.31. The number of aromatic nitrogens is 2. The Morgan fingerprint density at radius 3 is 2.44 bits per heavy atom. The van der Waals surface area contributed by atoms with Crippen molar-refractivity contribution in [3.8, 4) is 11.4 Å². The van der Waals surface area contributed by atoms with Crippen LogP contribution in [0.2, 0.25) is 0 Å². The first kappa shape index (κ1) is 21.2. The molecule has 0 amide bonds. The molecule has 2 aromatic carbocycles. The predicted molar refractivity (Wildman–Crippen MR) is 119 cm³/mol. The highest BCUT2D eigenvalue weighted by atomic mass is 19.1. The van der Waals surface area contributed by atoms with Gasteiger partial charge in [0.05, 0.1) is 12.1 Å². The van der Waals surface area contributed by atoms with Gasteiger partial charge in [-0.15, -0.1) is 0 Å². The van der Waals surface area contributed by atoms with Crippen LogP contribution in [0.25, 0.3) is 16.7 Å². The van der Waals surface area contributed by atoms with Gasteiger partial charge in [0.25, 0.3) is 5.56 Å². The number of benzene rings is 2. The fraction of sp³-hybridized carbons (Fsp3) is 0.160. The first-order valence-electron chi connectivity index (χ1n) is 10.1. The molecule has 7 heteroatoms. The lowest BCUT2D eigenvalue weighted by atomic mass is 10.0. The molecule has 162 valence electrons. The lowest BCUT2D eigenvalue weighted by molar-refractivity contribution is 0.0521. The number of rotatable bonds is 5. The van der Waals surface area contributed by atoms with E-state index in [1.54, 1.807) is 19.2 Å². The Hall–Kier alpha value is -4.00. The molecule has 32 heavy (non-hydrogen) atoms. The second-order valence-corrected chi connectivity index (χ2v) is 7.43. The SMILES string of the molecule is CCOC(=O)c1c(O)c2ncc(Cc3ccc(C)cc3)cc2n(-c2ccc(F)cc2)c1=O. The van der Waals surface area contributed by atoms with Gasteiger partial charge in [0.15, 0.2) is 11.3 Å². The molecule has 0 aliphatic rings. The molecule has 0 unspecified atom stereocenters. The zero-order valence-corrected chi connectivity index (χ0v) is 17.6. The molecule has 2 aromatic heterocycles. The van der Waals surface area contributed by atoms with Gasteiger partial charge in [-0.25, -0.2) is 9.18 Å². The number of pyridine rings is 2. The Labute approximate surface area is 183 Å². The number of nitrogens with zero attached hydrogens (tertiary/aromatic N) is 2. The second kappa shape index (κ2) is 8.63. The molecule has 1 N–H and O–H groups in total. The first-order chi connectivity index (χ1) is 15.4. The van der Waals surface area contributed by atoms with Crippen molar-refractivity contribution in [1.29, 1.82) is 0 Å². The lowest BCUT2D eigenvalue weighted by Gasteiger charge is -2.15. The highest BCUT2D eigenvalue weighted by Gasteiger charge is 2.25. The number of aromatic hydroxyl groups is 1. The minimum Gasteiger partial charge on any atom is -0.505 e. The summed E-state index contributed by atoms with van der Waals surface area (Å²) in [6, 6.07) is 15.1. The molecule has 0 saturated heterocycles. The quantitative estimate of drug-likeness (QED) is 0.476. The monoisotopic (exact) mass is 432 g/mol. The van der Waals surface area contributed by atoms with Gasteiger partial charge < -0.3 is 9.84 Å².